The average molecular weight is 248 g/mol. The molecule has 2 rings (SSSR count). The Balaban J connectivity index is 2.56. The summed E-state index contributed by atoms with van der Waals surface area (Å²) < 4.78 is 25.0. The van der Waals surface area contributed by atoms with Gasteiger partial charge in [0.25, 0.3) is 9.05 Å². The summed E-state index contributed by atoms with van der Waals surface area (Å²) in [6, 6.07) is 4.78. The molecule has 0 spiro atoms. The highest BCUT2D eigenvalue weighted by molar-refractivity contribution is 8.13. The minimum atomic E-state index is -3.63. The van der Waals surface area contributed by atoms with Crippen molar-refractivity contribution in [2.75, 3.05) is 0 Å². The Morgan fingerprint density at radius 2 is 2.14 bits per heavy atom. The zero-order valence-corrected chi connectivity index (χ0v) is 9.29. The molecule has 0 bridgehead atoms. The molecule has 74 valence electrons. The maximum atomic E-state index is 11.0. The highest BCUT2D eigenvalue weighted by Gasteiger charge is 2.13. The van der Waals surface area contributed by atoms with Gasteiger partial charge in [-0.05, 0) is 41.8 Å². The second kappa shape index (κ2) is 3.49. The molecular weight excluding hydrogens is 242 g/mol. The molecule has 1 aliphatic heterocycles. The predicted molar refractivity (Wildman–Crippen MR) is 57.5 cm³/mol. The molecule has 0 atom stereocenters. The highest BCUT2D eigenvalue weighted by Crippen LogP contribution is 2.28. The molecule has 0 fully saturated rings. The quantitative estimate of drug-likeness (QED) is 0.611. The summed E-state index contributed by atoms with van der Waals surface area (Å²) >= 11 is 1.43. The van der Waals surface area contributed by atoms with Gasteiger partial charge < -0.3 is 4.72 Å². The summed E-state index contributed by atoms with van der Waals surface area (Å²) in [4.78, 5) is 1.11. The molecule has 0 radical (unpaired) electrons. The van der Waals surface area contributed by atoms with Gasteiger partial charge in [-0.25, -0.2) is 8.42 Å². The van der Waals surface area contributed by atoms with Crippen molar-refractivity contribution in [2.24, 2.45) is 0 Å². The lowest BCUT2D eigenvalue weighted by Gasteiger charge is -2.10. The number of fused-ring (bicyclic) bond motifs is 1. The fraction of sp³-hybridized carbons (Fsp3) is 0. The molecule has 1 heterocycles. The van der Waals surface area contributed by atoms with E-state index in [0.29, 0.717) is 0 Å². The first-order chi connectivity index (χ1) is 6.57. The van der Waals surface area contributed by atoms with Crippen molar-refractivity contribution >= 4 is 37.8 Å². The molecule has 1 aromatic rings. The largest absolute Gasteiger partial charge is 0.332 e. The van der Waals surface area contributed by atoms with Crippen LogP contribution in [0.15, 0.2) is 34.2 Å². The van der Waals surface area contributed by atoms with Crippen molar-refractivity contribution in [1.29, 1.82) is 0 Å². The van der Waals surface area contributed by atoms with Crippen molar-refractivity contribution in [1.82, 2.24) is 4.72 Å². The maximum absolute atomic E-state index is 11.0. The van der Waals surface area contributed by atoms with Gasteiger partial charge in [-0.15, -0.1) is 0 Å². The Bertz CT molecular complexity index is 496. The van der Waals surface area contributed by atoms with Crippen LogP contribution in [0.2, 0.25) is 0 Å². The molecule has 3 nitrogen and oxygen atoms in total. The summed E-state index contributed by atoms with van der Waals surface area (Å²) in [7, 11) is 1.60. The van der Waals surface area contributed by atoms with Crippen LogP contribution < -0.4 is 4.72 Å². The second-order valence-electron chi connectivity index (χ2n) is 2.69. The van der Waals surface area contributed by atoms with Gasteiger partial charge >= 0.3 is 0 Å². The molecule has 0 amide bonds. The van der Waals surface area contributed by atoms with Gasteiger partial charge in [0, 0.05) is 21.8 Å². The SMILES string of the molecule is O=S(=O)(Cl)c1ccc2c(c1)C=CNS2. The highest BCUT2D eigenvalue weighted by atomic mass is 35.7. The molecule has 0 saturated heterocycles. The zero-order valence-electron chi connectivity index (χ0n) is 6.90. The molecule has 0 aliphatic carbocycles. The monoisotopic (exact) mass is 247 g/mol. The van der Waals surface area contributed by atoms with E-state index in [1.54, 1.807) is 24.4 Å². The van der Waals surface area contributed by atoms with Gasteiger partial charge in [0.1, 0.15) is 0 Å². The number of halogens is 1. The van der Waals surface area contributed by atoms with Gasteiger partial charge in [0.05, 0.1) is 4.90 Å². The third kappa shape index (κ3) is 1.89. The summed E-state index contributed by atoms with van der Waals surface area (Å²) in [5.41, 5.74) is 0.857. The Hall–Kier alpha value is -0.650. The van der Waals surface area contributed by atoms with Crippen LogP contribution in [-0.2, 0) is 9.05 Å². The lowest BCUT2D eigenvalue weighted by atomic mass is 10.2. The molecule has 0 saturated carbocycles. The van der Waals surface area contributed by atoms with E-state index in [1.165, 1.54) is 18.0 Å². The van der Waals surface area contributed by atoms with Crippen molar-refractivity contribution < 1.29 is 8.42 Å². The van der Waals surface area contributed by atoms with Crippen LogP contribution in [-0.4, -0.2) is 8.42 Å². The molecule has 0 aromatic heterocycles. The average Bonchev–Trinajstić information content (AvgIpc) is 2.16. The molecular formula is C8H6ClNO2S2. The molecule has 1 aromatic carbocycles. The van der Waals surface area contributed by atoms with E-state index >= 15 is 0 Å². The van der Waals surface area contributed by atoms with E-state index in [2.05, 4.69) is 4.72 Å². The van der Waals surface area contributed by atoms with Gasteiger partial charge in [0.15, 0.2) is 0 Å². The molecule has 14 heavy (non-hydrogen) atoms. The van der Waals surface area contributed by atoms with Crippen LogP contribution in [0.4, 0.5) is 0 Å². The van der Waals surface area contributed by atoms with Crippen LogP contribution in [0, 0.1) is 0 Å². The van der Waals surface area contributed by atoms with Crippen LogP contribution in [0.25, 0.3) is 6.08 Å². The fourth-order valence-electron chi connectivity index (χ4n) is 1.12. The first-order valence-corrected chi connectivity index (χ1v) is 6.87. The lowest BCUT2D eigenvalue weighted by molar-refractivity contribution is 0.609. The van der Waals surface area contributed by atoms with E-state index in [-0.39, 0.29) is 4.90 Å². The van der Waals surface area contributed by atoms with E-state index in [0.717, 1.165) is 10.5 Å². The van der Waals surface area contributed by atoms with Crippen molar-refractivity contribution in [3.63, 3.8) is 0 Å². The summed E-state index contributed by atoms with van der Waals surface area (Å²) in [5, 5.41) is 0. The molecule has 1 N–H and O–H groups in total. The minimum absolute atomic E-state index is 0.130. The van der Waals surface area contributed by atoms with Gasteiger partial charge in [0.2, 0.25) is 0 Å². The van der Waals surface area contributed by atoms with E-state index in [1.807, 2.05) is 0 Å². The predicted octanol–water partition coefficient (Wildman–Crippen LogP) is 2.20. The van der Waals surface area contributed by atoms with Gasteiger partial charge in [-0.1, -0.05) is 0 Å². The third-order valence-electron chi connectivity index (χ3n) is 1.76. The van der Waals surface area contributed by atoms with Gasteiger partial charge in [-0.3, -0.25) is 0 Å². The van der Waals surface area contributed by atoms with Crippen LogP contribution in [0.5, 0.6) is 0 Å². The van der Waals surface area contributed by atoms with Gasteiger partial charge in [-0.2, -0.15) is 0 Å². The van der Waals surface area contributed by atoms with Crippen molar-refractivity contribution in [2.45, 2.75) is 9.79 Å². The summed E-state index contributed by atoms with van der Waals surface area (Å²) in [6.45, 7) is 0. The smallest absolute Gasteiger partial charge is 0.261 e. The zero-order chi connectivity index (χ0) is 10.2. The number of benzene rings is 1. The standard InChI is InChI=1S/C8H6ClNO2S2/c9-14(11,12)7-1-2-8-6(5-7)3-4-10-13-8/h1-5,10H. The normalized spacial score (nSPS) is 14.6. The fourth-order valence-corrected chi connectivity index (χ4v) is 2.55. The van der Waals surface area contributed by atoms with E-state index in [9.17, 15) is 8.42 Å². The minimum Gasteiger partial charge on any atom is -0.332 e. The number of rotatable bonds is 1. The van der Waals surface area contributed by atoms with Crippen molar-refractivity contribution in [3.05, 3.63) is 30.0 Å². The number of nitrogens with one attached hydrogen (secondary N) is 1. The topological polar surface area (TPSA) is 46.2 Å². The van der Waals surface area contributed by atoms with Crippen LogP contribution in [0.3, 0.4) is 0 Å². The lowest BCUT2D eigenvalue weighted by Crippen LogP contribution is -1.99. The molecule has 1 aliphatic rings. The van der Waals surface area contributed by atoms with E-state index < -0.39 is 9.05 Å². The van der Waals surface area contributed by atoms with Crippen LogP contribution >= 0.6 is 22.6 Å². The Morgan fingerprint density at radius 1 is 1.36 bits per heavy atom. The Morgan fingerprint density at radius 3 is 2.86 bits per heavy atom. The molecule has 0 unspecified atom stereocenters. The van der Waals surface area contributed by atoms with E-state index in [4.69, 9.17) is 10.7 Å². The Kier molecular flexibility index (Phi) is 2.47. The third-order valence-corrected chi connectivity index (χ3v) is 3.96. The first-order valence-electron chi connectivity index (χ1n) is 3.75. The number of hydrogen-bond donors (Lipinski definition) is 1. The second-order valence-corrected chi connectivity index (χ2v) is 6.14. The Labute approximate surface area is 90.7 Å². The number of hydrogen-bond acceptors (Lipinski definition) is 4. The maximum Gasteiger partial charge on any atom is 0.261 e. The summed E-state index contributed by atoms with van der Waals surface area (Å²) in [5.74, 6) is 0. The van der Waals surface area contributed by atoms with Crippen LogP contribution in [0.1, 0.15) is 5.56 Å². The molecule has 6 heteroatoms. The summed E-state index contributed by atoms with van der Waals surface area (Å²) in [6.07, 6.45) is 3.55. The first kappa shape index (κ1) is 9.89. The van der Waals surface area contributed by atoms with Crippen molar-refractivity contribution in [3.8, 4) is 0 Å².